The van der Waals surface area contributed by atoms with Gasteiger partial charge in [-0.25, -0.2) is 4.79 Å². The minimum absolute atomic E-state index is 0.162. The van der Waals surface area contributed by atoms with Crippen LogP contribution >= 0.6 is 0 Å². The summed E-state index contributed by atoms with van der Waals surface area (Å²) in [7, 11) is 0. The van der Waals surface area contributed by atoms with Crippen molar-refractivity contribution >= 4 is 17.1 Å². The summed E-state index contributed by atoms with van der Waals surface area (Å²) in [6.07, 6.45) is 3.41. The lowest BCUT2D eigenvalue weighted by atomic mass is 9.91. The van der Waals surface area contributed by atoms with Crippen molar-refractivity contribution in [1.82, 2.24) is 10.1 Å². The van der Waals surface area contributed by atoms with Crippen LogP contribution in [0.3, 0.4) is 0 Å². The Balaban J connectivity index is 1.42. The van der Waals surface area contributed by atoms with E-state index in [1.165, 1.54) is 0 Å². The molecule has 0 radical (unpaired) electrons. The first kappa shape index (κ1) is 23.8. The molecule has 178 valence electrons. The smallest absolute Gasteiger partial charge is 0.410 e. The van der Waals surface area contributed by atoms with E-state index in [0.29, 0.717) is 35.7 Å². The van der Waals surface area contributed by atoms with Crippen molar-refractivity contribution in [3.63, 3.8) is 0 Å². The molecule has 3 aromatic rings. The van der Waals surface area contributed by atoms with Gasteiger partial charge in [0.1, 0.15) is 5.60 Å². The lowest BCUT2D eigenvalue weighted by Gasteiger charge is -2.33. The third-order valence-corrected chi connectivity index (χ3v) is 6.36. The quantitative estimate of drug-likeness (QED) is 0.543. The number of hydrogen-bond acceptors (Lipinski definition) is 6. The molecule has 0 aliphatic carbocycles. The number of likely N-dealkylation sites (tertiary alicyclic amines) is 1. The molecule has 1 aliphatic heterocycles. The van der Waals surface area contributed by atoms with Gasteiger partial charge in [0.25, 0.3) is 0 Å². The van der Waals surface area contributed by atoms with Crippen LogP contribution in [-0.2, 0) is 17.8 Å². The van der Waals surface area contributed by atoms with Crippen molar-refractivity contribution in [2.75, 3.05) is 13.1 Å². The molecular formula is C27H31N3O4. The monoisotopic (exact) mass is 461 g/mol. The van der Waals surface area contributed by atoms with Crippen molar-refractivity contribution < 1.29 is 19.2 Å². The predicted molar refractivity (Wildman–Crippen MR) is 129 cm³/mol. The Bertz CT molecular complexity index is 1190. The van der Waals surface area contributed by atoms with Gasteiger partial charge in [-0.2, -0.15) is 5.26 Å². The van der Waals surface area contributed by atoms with Gasteiger partial charge in [0.2, 0.25) is 0 Å². The van der Waals surface area contributed by atoms with Crippen LogP contribution in [0.15, 0.2) is 40.9 Å². The third kappa shape index (κ3) is 5.23. The molecule has 1 fully saturated rings. The Kier molecular flexibility index (Phi) is 6.90. The lowest BCUT2D eigenvalue weighted by Crippen LogP contribution is -2.41. The van der Waals surface area contributed by atoms with E-state index in [9.17, 15) is 9.90 Å². The molecule has 34 heavy (non-hydrogen) atoms. The summed E-state index contributed by atoms with van der Waals surface area (Å²) in [5.74, 6) is 0.515. The number of fused-ring (bicyclic) bond motifs is 1. The molecule has 1 amide bonds. The van der Waals surface area contributed by atoms with Crippen LogP contribution in [0.4, 0.5) is 4.79 Å². The number of benzene rings is 2. The number of ether oxygens (including phenoxy) is 1. The first-order chi connectivity index (χ1) is 16.3. The molecule has 7 nitrogen and oxygen atoms in total. The average molecular weight is 462 g/mol. The fourth-order valence-electron chi connectivity index (χ4n) is 4.51. The third-order valence-electron chi connectivity index (χ3n) is 6.36. The van der Waals surface area contributed by atoms with Crippen molar-refractivity contribution in [2.45, 2.75) is 58.7 Å². The van der Waals surface area contributed by atoms with Crippen LogP contribution < -0.4 is 0 Å². The number of piperidine rings is 1. The molecule has 1 saturated heterocycles. The first-order valence-corrected chi connectivity index (χ1v) is 11.8. The molecule has 1 aromatic heterocycles. The topological polar surface area (TPSA) is 99.6 Å². The Hall–Kier alpha value is -3.37. The van der Waals surface area contributed by atoms with E-state index >= 15 is 0 Å². The van der Waals surface area contributed by atoms with Gasteiger partial charge < -0.3 is 19.3 Å². The summed E-state index contributed by atoms with van der Waals surface area (Å²) < 4.78 is 11.2. The number of rotatable bonds is 5. The van der Waals surface area contributed by atoms with Gasteiger partial charge in [-0.1, -0.05) is 23.4 Å². The number of aromatic nitrogens is 1. The first-order valence-electron chi connectivity index (χ1n) is 11.8. The molecule has 0 spiro atoms. The van der Waals surface area contributed by atoms with E-state index in [2.05, 4.69) is 11.2 Å². The number of aliphatic hydroxyl groups excluding tert-OH is 1. The van der Waals surface area contributed by atoms with E-state index in [1.54, 1.807) is 17.0 Å². The maximum atomic E-state index is 12.3. The number of amides is 1. The van der Waals surface area contributed by atoms with E-state index in [1.807, 2.05) is 45.0 Å². The van der Waals surface area contributed by atoms with Crippen molar-refractivity contribution in [3.05, 3.63) is 53.2 Å². The Morgan fingerprint density at radius 3 is 2.53 bits per heavy atom. The molecule has 0 saturated carbocycles. The number of aliphatic hydroxyl groups is 1. The van der Waals surface area contributed by atoms with Crippen molar-refractivity contribution in [1.29, 1.82) is 5.26 Å². The van der Waals surface area contributed by atoms with Crippen molar-refractivity contribution in [3.8, 4) is 17.2 Å². The van der Waals surface area contributed by atoms with Crippen LogP contribution in [0, 0.1) is 17.2 Å². The summed E-state index contributed by atoms with van der Waals surface area (Å²) in [5, 5.41) is 24.4. The number of carbonyl (C=O) groups excluding carboxylic acids is 1. The summed E-state index contributed by atoms with van der Waals surface area (Å²) in [6.45, 7) is 6.91. The van der Waals surface area contributed by atoms with Gasteiger partial charge in [0.15, 0.2) is 5.58 Å². The molecule has 4 rings (SSSR count). The predicted octanol–water partition coefficient (Wildman–Crippen LogP) is 5.44. The maximum absolute atomic E-state index is 12.3. The molecule has 7 heteroatoms. The fourth-order valence-corrected chi connectivity index (χ4v) is 4.51. The van der Waals surface area contributed by atoms with Gasteiger partial charge in [0.05, 0.1) is 23.9 Å². The number of carbonyl (C=O) groups is 1. The number of aryl methyl sites for hydroxylation is 1. The van der Waals surface area contributed by atoms with Crippen molar-refractivity contribution in [2.24, 2.45) is 5.92 Å². The molecule has 1 aliphatic rings. The van der Waals surface area contributed by atoms with Gasteiger partial charge in [0, 0.05) is 24.0 Å². The molecule has 0 bridgehead atoms. The standard InChI is InChI=1S/C27H31N3O4/c1-27(2,3)33-26(32)30-14-12-18(13-15-30)6-11-24-22-10-9-21(23(17-31)25(22)34-29-24)20-7-4-19(16-28)5-8-20/h4-5,7-10,18,31H,6,11-15,17H2,1-3H3. The molecule has 0 atom stereocenters. The van der Waals surface area contributed by atoms with Gasteiger partial charge in [-0.15, -0.1) is 0 Å². The van der Waals surface area contributed by atoms with E-state index in [-0.39, 0.29) is 12.7 Å². The van der Waals surface area contributed by atoms with E-state index in [0.717, 1.165) is 47.9 Å². The van der Waals surface area contributed by atoms with E-state index in [4.69, 9.17) is 14.5 Å². The molecule has 0 unspecified atom stereocenters. The average Bonchev–Trinajstić information content (AvgIpc) is 3.24. The summed E-state index contributed by atoms with van der Waals surface area (Å²) >= 11 is 0. The largest absolute Gasteiger partial charge is 0.444 e. The molecule has 2 aromatic carbocycles. The number of nitrogens with zero attached hydrogens (tertiary/aromatic N) is 3. The second kappa shape index (κ2) is 9.86. The highest BCUT2D eigenvalue weighted by molar-refractivity contribution is 5.89. The Morgan fingerprint density at radius 2 is 1.91 bits per heavy atom. The summed E-state index contributed by atoms with van der Waals surface area (Å²) in [5.41, 5.74) is 4.11. The highest BCUT2D eigenvalue weighted by atomic mass is 16.6. The second-order valence-electron chi connectivity index (χ2n) is 9.89. The minimum atomic E-state index is -0.477. The highest BCUT2D eigenvalue weighted by Crippen LogP contribution is 2.33. The van der Waals surface area contributed by atoms with Crippen LogP contribution in [0.1, 0.15) is 56.9 Å². The number of hydrogen-bond donors (Lipinski definition) is 1. The fraction of sp³-hybridized carbons (Fsp3) is 0.444. The normalized spacial score (nSPS) is 14.9. The summed E-state index contributed by atoms with van der Waals surface area (Å²) in [4.78, 5) is 14.1. The van der Waals surface area contributed by atoms with Gasteiger partial charge in [-0.05, 0) is 81.7 Å². The lowest BCUT2D eigenvalue weighted by molar-refractivity contribution is 0.0181. The van der Waals surface area contributed by atoms with Gasteiger partial charge >= 0.3 is 6.09 Å². The van der Waals surface area contributed by atoms with Crippen LogP contribution in [0.25, 0.3) is 22.1 Å². The van der Waals surface area contributed by atoms with Crippen LogP contribution in [-0.4, -0.2) is 39.9 Å². The second-order valence-corrected chi connectivity index (χ2v) is 9.89. The maximum Gasteiger partial charge on any atom is 0.410 e. The number of nitriles is 1. The minimum Gasteiger partial charge on any atom is -0.444 e. The zero-order valence-corrected chi connectivity index (χ0v) is 20.0. The summed E-state index contributed by atoms with van der Waals surface area (Å²) in [6, 6.07) is 13.4. The molecule has 1 N–H and O–H groups in total. The Morgan fingerprint density at radius 1 is 1.21 bits per heavy atom. The SMILES string of the molecule is CC(C)(C)OC(=O)N1CCC(CCc2noc3c(CO)c(-c4ccc(C#N)cc4)ccc23)CC1. The van der Waals surface area contributed by atoms with E-state index < -0.39 is 5.60 Å². The van der Waals surface area contributed by atoms with Crippen LogP contribution in [0.5, 0.6) is 0 Å². The highest BCUT2D eigenvalue weighted by Gasteiger charge is 2.27. The zero-order chi connectivity index (χ0) is 24.3. The Labute approximate surface area is 199 Å². The van der Waals surface area contributed by atoms with Crippen LogP contribution in [0.2, 0.25) is 0 Å². The molecular weight excluding hydrogens is 430 g/mol. The van der Waals surface area contributed by atoms with Gasteiger partial charge in [-0.3, -0.25) is 0 Å². The zero-order valence-electron chi connectivity index (χ0n) is 20.0. The molecule has 2 heterocycles.